The van der Waals surface area contributed by atoms with Gasteiger partial charge in [0.05, 0.1) is 10.6 Å². The van der Waals surface area contributed by atoms with Crippen LogP contribution in [-0.2, 0) is 12.5 Å². The van der Waals surface area contributed by atoms with Crippen molar-refractivity contribution in [2.75, 3.05) is 0 Å². The van der Waals surface area contributed by atoms with Gasteiger partial charge in [-0.2, -0.15) is 8.78 Å². The molecule has 272 valence electrons. The minimum Gasteiger partial charge on any atom is -0.429 e. The third-order valence-electron chi connectivity index (χ3n) is 8.16. The molecule has 0 aliphatic heterocycles. The lowest BCUT2D eigenvalue weighted by Crippen LogP contribution is -2.25. The number of ether oxygens (including phenoxy) is 1. The van der Waals surface area contributed by atoms with Gasteiger partial charge in [-0.3, -0.25) is 0 Å². The first-order valence-electron chi connectivity index (χ1n) is 15.7. The van der Waals surface area contributed by atoms with E-state index in [1.54, 1.807) is 6.08 Å². The standard InChI is InChI=1S/C39H26Cl2F10O/c1-2-3-4-5-6-7-8-20-11-28(43)36(29(44)12-20)23-16-31(46)37(32(47)17-23)39(50,51)52-24-18-26(40)35(30(45)19-24)21-9-10-25(27(42)13-21)22-14-33(48)38(41)34(49)15-22/h2,9-19H,1,3-8H2. The molecule has 0 radical (unpaired) electrons. The highest BCUT2D eigenvalue weighted by Gasteiger charge is 2.42. The van der Waals surface area contributed by atoms with Crippen LogP contribution < -0.4 is 4.74 Å². The zero-order valence-corrected chi connectivity index (χ0v) is 28.3. The lowest BCUT2D eigenvalue weighted by atomic mass is 9.98. The second-order valence-electron chi connectivity index (χ2n) is 11.8. The summed E-state index contributed by atoms with van der Waals surface area (Å²) in [5, 5.41) is -1.38. The highest BCUT2D eigenvalue weighted by molar-refractivity contribution is 6.33. The van der Waals surface area contributed by atoms with Gasteiger partial charge in [0.1, 0.15) is 62.9 Å². The van der Waals surface area contributed by atoms with Crippen LogP contribution in [0, 0.1) is 46.5 Å². The molecule has 0 amide bonds. The van der Waals surface area contributed by atoms with E-state index in [0.29, 0.717) is 42.7 Å². The average Bonchev–Trinajstić information content (AvgIpc) is 3.04. The van der Waals surface area contributed by atoms with E-state index in [0.717, 1.165) is 68.1 Å². The molecule has 5 aromatic carbocycles. The average molecular weight is 772 g/mol. The van der Waals surface area contributed by atoms with E-state index in [4.69, 9.17) is 23.2 Å². The molecular weight excluding hydrogens is 745 g/mol. The van der Waals surface area contributed by atoms with Crippen molar-refractivity contribution in [3.63, 3.8) is 0 Å². The second kappa shape index (κ2) is 16.0. The highest BCUT2D eigenvalue weighted by atomic mass is 35.5. The van der Waals surface area contributed by atoms with Crippen LogP contribution in [0.15, 0.2) is 79.4 Å². The molecule has 0 bridgehead atoms. The predicted octanol–water partition coefficient (Wildman–Crippen LogP) is 13.9. The minimum absolute atomic E-state index is 0.212. The molecule has 5 rings (SSSR count). The minimum atomic E-state index is -4.80. The predicted molar refractivity (Wildman–Crippen MR) is 180 cm³/mol. The van der Waals surface area contributed by atoms with E-state index in [2.05, 4.69) is 11.3 Å². The Morgan fingerprint density at radius 3 is 1.71 bits per heavy atom. The summed E-state index contributed by atoms with van der Waals surface area (Å²) >= 11 is 11.6. The molecule has 0 spiro atoms. The first kappa shape index (κ1) is 38.7. The molecule has 52 heavy (non-hydrogen) atoms. The Morgan fingerprint density at radius 2 is 1.13 bits per heavy atom. The largest absolute Gasteiger partial charge is 0.432 e. The molecule has 0 N–H and O–H groups in total. The van der Waals surface area contributed by atoms with E-state index < -0.39 is 90.7 Å². The van der Waals surface area contributed by atoms with Gasteiger partial charge < -0.3 is 4.74 Å². The molecule has 0 fully saturated rings. The van der Waals surface area contributed by atoms with Crippen molar-refractivity contribution < 1.29 is 48.6 Å². The van der Waals surface area contributed by atoms with E-state index in [1.807, 2.05) is 0 Å². The number of unbranched alkanes of at least 4 members (excludes halogenated alkanes) is 4. The molecule has 13 heteroatoms. The van der Waals surface area contributed by atoms with E-state index >= 15 is 26.3 Å². The van der Waals surface area contributed by atoms with Gasteiger partial charge in [-0.05, 0) is 96.5 Å². The van der Waals surface area contributed by atoms with Crippen LogP contribution in [0.5, 0.6) is 5.75 Å². The van der Waals surface area contributed by atoms with Crippen LogP contribution in [0.4, 0.5) is 43.9 Å². The van der Waals surface area contributed by atoms with Gasteiger partial charge in [-0.1, -0.05) is 54.3 Å². The molecule has 0 saturated heterocycles. The number of halogens is 12. The number of hydrogen-bond donors (Lipinski definition) is 0. The van der Waals surface area contributed by atoms with Gasteiger partial charge in [0, 0.05) is 17.2 Å². The smallest absolute Gasteiger partial charge is 0.429 e. The molecule has 0 aromatic heterocycles. The summed E-state index contributed by atoms with van der Waals surface area (Å²) in [4.78, 5) is 0. The third kappa shape index (κ3) is 8.42. The van der Waals surface area contributed by atoms with Crippen LogP contribution in [0.2, 0.25) is 10.0 Å². The van der Waals surface area contributed by atoms with Crippen molar-refractivity contribution in [3.8, 4) is 39.1 Å². The fourth-order valence-corrected chi connectivity index (χ4v) is 6.13. The molecule has 0 atom stereocenters. The van der Waals surface area contributed by atoms with Crippen LogP contribution in [0.3, 0.4) is 0 Å². The number of rotatable bonds is 13. The van der Waals surface area contributed by atoms with Gasteiger partial charge in [0.15, 0.2) is 0 Å². The summed E-state index contributed by atoms with van der Waals surface area (Å²) in [5.74, 6) is -11.8. The molecule has 1 nitrogen and oxygen atoms in total. The van der Waals surface area contributed by atoms with Crippen LogP contribution in [0.25, 0.3) is 33.4 Å². The molecule has 0 saturated carbocycles. The van der Waals surface area contributed by atoms with Gasteiger partial charge >= 0.3 is 6.11 Å². The van der Waals surface area contributed by atoms with Crippen LogP contribution in [-0.4, -0.2) is 0 Å². The molecule has 5 aromatic rings. The molecule has 0 aliphatic rings. The summed E-state index contributed by atoms with van der Waals surface area (Å²) in [6.07, 6.45) is 1.48. The number of aryl methyl sites for hydroxylation is 1. The third-order valence-corrected chi connectivity index (χ3v) is 8.82. The zero-order chi connectivity index (χ0) is 37.9. The van der Waals surface area contributed by atoms with Crippen molar-refractivity contribution in [2.45, 2.75) is 44.6 Å². The Labute approximate surface area is 302 Å². The lowest BCUT2D eigenvalue weighted by molar-refractivity contribution is -0.189. The van der Waals surface area contributed by atoms with E-state index in [1.165, 1.54) is 0 Å². The Balaban J connectivity index is 1.36. The molecule has 0 unspecified atom stereocenters. The number of allylic oxidation sites excluding steroid dienone is 1. The monoisotopic (exact) mass is 770 g/mol. The summed E-state index contributed by atoms with van der Waals surface area (Å²) < 4.78 is 153. The Hall–Kier alpha value is -4.48. The van der Waals surface area contributed by atoms with Gasteiger partial charge in [-0.15, -0.1) is 6.58 Å². The van der Waals surface area contributed by atoms with Crippen molar-refractivity contribution in [2.24, 2.45) is 0 Å². The van der Waals surface area contributed by atoms with Crippen molar-refractivity contribution in [3.05, 3.63) is 147 Å². The number of alkyl halides is 2. The Kier molecular flexibility index (Phi) is 12.0. The summed E-state index contributed by atoms with van der Waals surface area (Å²) in [6.45, 7) is 3.64. The van der Waals surface area contributed by atoms with Gasteiger partial charge in [0.2, 0.25) is 0 Å². The van der Waals surface area contributed by atoms with E-state index in [9.17, 15) is 17.6 Å². The highest BCUT2D eigenvalue weighted by Crippen LogP contribution is 2.42. The normalized spacial score (nSPS) is 11.6. The number of hydrogen-bond acceptors (Lipinski definition) is 1. The maximum Gasteiger partial charge on any atom is 0.432 e. The fourth-order valence-electron chi connectivity index (χ4n) is 5.71. The maximum atomic E-state index is 15.2. The SMILES string of the molecule is C=CCCCCCCc1cc(F)c(-c2cc(F)c(C(F)(F)Oc3cc(F)c(-c4ccc(-c5cc(F)c(Cl)c(F)c5)c(F)c4)c(Cl)c3)c(F)c2)c(F)c1. The Bertz CT molecular complexity index is 2060. The zero-order valence-electron chi connectivity index (χ0n) is 26.8. The van der Waals surface area contributed by atoms with Crippen LogP contribution >= 0.6 is 23.2 Å². The quantitative estimate of drug-likeness (QED) is 0.0501. The first-order chi connectivity index (χ1) is 24.6. The topological polar surface area (TPSA) is 9.23 Å². The summed E-state index contributed by atoms with van der Waals surface area (Å²) in [5.41, 5.74) is -4.35. The second-order valence-corrected chi connectivity index (χ2v) is 12.6. The summed E-state index contributed by atoms with van der Waals surface area (Å²) in [6, 6.07) is 8.29. The van der Waals surface area contributed by atoms with E-state index in [-0.39, 0.29) is 16.7 Å². The van der Waals surface area contributed by atoms with Crippen molar-refractivity contribution in [1.82, 2.24) is 0 Å². The Morgan fingerprint density at radius 1 is 0.577 bits per heavy atom. The molecule has 0 heterocycles. The van der Waals surface area contributed by atoms with Crippen molar-refractivity contribution in [1.29, 1.82) is 0 Å². The first-order valence-corrected chi connectivity index (χ1v) is 16.5. The molecule has 0 aliphatic carbocycles. The fraction of sp³-hybridized carbons (Fsp3) is 0.179. The molecular formula is C39H26Cl2F10O. The lowest BCUT2D eigenvalue weighted by Gasteiger charge is -2.21. The van der Waals surface area contributed by atoms with Crippen LogP contribution in [0.1, 0.15) is 43.2 Å². The summed E-state index contributed by atoms with van der Waals surface area (Å²) in [7, 11) is 0. The number of benzene rings is 5. The van der Waals surface area contributed by atoms with Gasteiger partial charge in [-0.25, -0.2) is 35.1 Å². The maximum absolute atomic E-state index is 15.2. The van der Waals surface area contributed by atoms with Crippen molar-refractivity contribution >= 4 is 23.2 Å². The van der Waals surface area contributed by atoms with Gasteiger partial charge in [0.25, 0.3) is 0 Å².